The van der Waals surface area contributed by atoms with Crippen LogP contribution in [0.5, 0.6) is 11.8 Å². The summed E-state index contributed by atoms with van der Waals surface area (Å²) < 4.78 is 38.2. The molecule has 8 nitrogen and oxygen atoms in total. The van der Waals surface area contributed by atoms with E-state index in [4.69, 9.17) is 16.1 Å². The number of pyridine rings is 1. The van der Waals surface area contributed by atoms with Crippen molar-refractivity contribution in [3.8, 4) is 35.4 Å². The lowest BCUT2D eigenvalue weighted by molar-refractivity contribution is 0.185. The molecule has 4 aromatic rings. The fourth-order valence-corrected chi connectivity index (χ4v) is 8.47. The summed E-state index contributed by atoms with van der Waals surface area (Å²) in [5.74, 6) is 1.58. The van der Waals surface area contributed by atoms with Gasteiger partial charge >= 0.3 is 6.01 Å². The monoisotopic (exact) mass is 722 g/mol. The lowest BCUT2D eigenvalue weighted by Crippen LogP contribution is -2.51. The standard InChI is InChI=1S/C43H52F2N6O2/c1-4-34-37(44)18-15-29-22-32(52)23-35(38(29)34)40-39(45)41-36(24-46-40)42(51-25-30-16-17-31(26-51)47-30)49-43(48-41)53-33-19-21-50(27-33)20-13-11-9-7-5-6-8-10-12-14-28(2)3/h1,15,18,22-24,30-31,33,47,52H,2,5-14,16-17,19-21,25-27H2,3H3/t30?,31?,33-/m0/s1. The van der Waals surface area contributed by atoms with Gasteiger partial charge in [0.2, 0.25) is 0 Å². The van der Waals surface area contributed by atoms with E-state index in [0.29, 0.717) is 34.1 Å². The van der Waals surface area contributed by atoms with E-state index >= 15 is 4.39 Å². The summed E-state index contributed by atoms with van der Waals surface area (Å²) >= 11 is 0. The number of nitrogens with zero attached hydrogens (tertiary/aromatic N) is 5. The highest BCUT2D eigenvalue weighted by molar-refractivity contribution is 6.03. The number of rotatable bonds is 16. The molecule has 7 rings (SSSR count). The van der Waals surface area contributed by atoms with Crippen molar-refractivity contribution >= 4 is 27.5 Å². The molecular formula is C43H52F2N6O2. The molecule has 3 saturated heterocycles. The number of nitrogens with one attached hydrogen (secondary N) is 1. The van der Waals surface area contributed by atoms with E-state index < -0.39 is 11.6 Å². The third kappa shape index (κ3) is 8.58. The summed E-state index contributed by atoms with van der Waals surface area (Å²) in [5.41, 5.74) is 1.45. The molecule has 3 aliphatic heterocycles. The number of terminal acetylenes is 1. The fraction of sp³-hybridized carbons (Fsp3) is 0.512. The number of benzene rings is 2. The van der Waals surface area contributed by atoms with Crippen LogP contribution in [0.4, 0.5) is 14.6 Å². The van der Waals surface area contributed by atoms with Gasteiger partial charge in [0.15, 0.2) is 5.82 Å². The van der Waals surface area contributed by atoms with Gasteiger partial charge in [-0.25, -0.2) is 8.78 Å². The number of aromatic nitrogens is 3. The van der Waals surface area contributed by atoms with E-state index in [-0.39, 0.29) is 40.2 Å². The predicted octanol–water partition coefficient (Wildman–Crippen LogP) is 8.68. The Morgan fingerprint density at radius 1 is 0.981 bits per heavy atom. The maximum atomic E-state index is 16.9. The molecule has 2 bridgehead atoms. The average molecular weight is 723 g/mol. The molecule has 5 heterocycles. The molecule has 0 saturated carbocycles. The number of hydrogen-bond acceptors (Lipinski definition) is 8. The first-order chi connectivity index (χ1) is 25.8. The zero-order valence-corrected chi connectivity index (χ0v) is 31.0. The van der Waals surface area contributed by atoms with Crippen LogP contribution < -0.4 is 15.0 Å². The fourth-order valence-electron chi connectivity index (χ4n) is 8.47. The minimum absolute atomic E-state index is 0.0196. The van der Waals surface area contributed by atoms with Crippen LogP contribution in [0.1, 0.15) is 96.0 Å². The van der Waals surface area contributed by atoms with Crippen molar-refractivity contribution < 1.29 is 18.6 Å². The first-order valence-electron chi connectivity index (χ1n) is 19.6. The van der Waals surface area contributed by atoms with Crippen LogP contribution in [0.2, 0.25) is 0 Å². The number of ether oxygens (including phenoxy) is 1. The normalized spacial score (nSPS) is 20.0. The van der Waals surface area contributed by atoms with Gasteiger partial charge in [-0.05, 0) is 75.6 Å². The van der Waals surface area contributed by atoms with Crippen molar-refractivity contribution in [1.29, 1.82) is 0 Å². The second-order valence-corrected chi connectivity index (χ2v) is 15.4. The number of likely N-dealkylation sites (tertiary alicyclic amines) is 1. The highest BCUT2D eigenvalue weighted by Gasteiger charge is 2.35. The van der Waals surface area contributed by atoms with Crippen molar-refractivity contribution in [2.24, 2.45) is 0 Å². The van der Waals surface area contributed by atoms with Crippen LogP contribution in [0.3, 0.4) is 0 Å². The van der Waals surface area contributed by atoms with Gasteiger partial charge in [-0.1, -0.05) is 62.5 Å². The Hall–Kier alpha value is -4.33. The highest BCUT2D eigenvalue weighted by Crippen LogP contribution is 2.39. The van der Waals surface area contributed by atoms with Crippen LogP contribution in [0.25, 0.3) is 32.9 Å². The van der Waals surface area contributed by atoms with Gasteiger partial charge in [0.25, 0.3) is 0 Å². The van der Waals surface area contributed by atoms with E-state index in [2.05, 4.69) is 44.5 Å². The number of allylic oxidation sites excluding steroid dienone is 1. The maximum Gasteiger partial charge on any atom is 0.319 e. The Bertz CT molecular complexity index is 1980. The molecular weight excluding hydrogens is 671 g/mol. The highest BCUT2D eigenvalue weighted by atomic mass is 19.1. The van der Waals surface area contributed by atoms with Gasteiger partial charge in [0, 0.05) is 55.4 Å². The van der Waals surface area contributed by atoms with E-state index in [1.807, 2.05) is 0 Å². The lowest BCUT2D eigenvalue weighted by atomic mass is 9.96. The van der Waals surface area contributed by atoms with Gasteiger partial charge in [-0.3, -0.25) is 9.88 Å². The van der Waals surface area contributed by atoms with Crippen LogP contribution >= 0.6 is 0 Å². The summed E-state index contributed by atoms with van der Waals surface area (Å²) in [5, 5.41) is 15.5. The van der Waals surface area contributed by atoms with Gasteiger partial charge in [0.1, 0.15) is 34.7 Å². The van der Waals surface area contributed by atoms with Gasteiger partial charge in [-0.2, -0.15) is 9.97 Å². The number of phenols is 1. The predicted molar refractivity (Wildman–Crippen MR) is 208 cm³/mol. The molecule has 2 unspecified atom stereocenters. The second-order valence-electron chi connectivity index (χ2n) is 15.4. The number of fused-ring (bicyclic) bond motifs is 4. The molecule has 0 amide bonds. The van der Waals surface area contributed by atoms with E-state index in [1.54, 1.807) is 6.20 Å². The molecule has 2 aromatic heterocycles. The van der Waals surface area contributed by atoms with Crippen LogP contribution in [0.15, 0.2) is 42.6 Å². The number of aromatic hydroxyl groups is 1. The zero-order chi connectivity index (χ0) is 36.9. The summed E-state index contributed by atoms with van der Waals surface area (Å²) in [6, 6.07) is 6.40. The number of unbranched alkanes of at least 4 members (excludes halogenated alkanes) is 8. The molecule has 0 aliphatic carbocycles. The summed E-state index contributed by atoms with van der Waals surface area (Å²) in [6.07, 6.45) is 22.9. The third-order valence-corrected chi connectivity index (χ3v) is 11.2. The first-order valence-corrected chi connectivity index (χ1v) is 19.6. The molecule has 53 heavy (non-hydrogen) atoms. The van der Waals surface area contributed by atoms with Crippen LogP contribution in [0, 0.1) is 24.0 Å². The van der Waals surface area contributed by atoms with Gasteiger partial charge in [-0.15, -0.1) is 13.0 Å². The smallest absolute Gasteiger partial charge is 0.319 e. The lowest BCUT2D eigenvalue weighted by Gasteiger charge is -2.34. The molecule has 10 heteroatoms. The maximum absolute atomic E-state index is 16.9. The Kier molecular flexibility index (Phi) is 11.7. The number of hydrogen-bond donors (Lipinski definition) is 2. The van der Waals surface area contributed by atoms with Gasteiger partial charge < -0.3 is 20.1 Å². The Morgan fingerprint density at radius 3 is 2.42 bits per heavy atom. The van der Waals surface area contributed by atoms with E-state index in [0.717, 1.165) is 58.4 Å². The molecule has 0 spiro atoms. The number of halogens is 2. The minimum atomic E-state index is -0.705. The van der Waals surface area contributed by atoms with Gasteiger partial charge in [0.05, 0.1) is 10.9 Å². The molecule has 3 atom stereocenters. The van der Waals surface area contributed by atoms with E-state index in [9.17, 15) is 9.50 Å². The molecule has 3 fully saturated rings. The van der Waals surface area contributed by atoms with Crippen LogP contribution in [-0.2, 0) is 0 Å². The first kappa shape index (κ1) is 37.0. The number of anilines is 1. The minimum Gasteiger partial charge on any atom is -0.508 e. The average Bonchev–Trinajstić information content (AvgIpc) is 3.74. The molecule has 0 radical (unpaired) electrons. The Morgan fingerprint density at radius 2 is 1.70 bits per heavy atom. The summed E-state index contributed by atoms with van der Waals surface area (Å²) in [4.78, 5) is 18.8. The largest absolute Gasteiger partial charge is 0.508 e. The number of phenolic OH excluding ortho intramolecular Hbond substituents is 1. The molecule has 2 aromatic carbocycles. The topological polar surface area (TPSA) is 86.6 Å². The van der Waals surface area contributed by atoms with Crippen LogP contribution in [-0.4, -0.2) is 75.9 Å². The van der Waals surface area contributed by atoms with Crippen molar-refractivity contribution in [3.05, 3.63) is 59.8 Å². The molecule has 2 N–H and O–H groups in total. The summed E-state index contributed by atoms with van der Waals surface area (Å²) in [6.45, 7) is 10.3. The molecule has 3 aliphatic rings. The third-order valence-electron chi connectivity index (χ3n) is 11.2. The molecule has 280 valence electrons. The van der Waals surface area contributed by atoms with E-state index in [1.165, 1.54) is 87.6 Å². The SMILES string of the molecule is C#Cc1c(F)ccc2cc(O)cc(-c3ncc4c(N5CC6CCC(C5)N6)nc(O[C@H]5CCN(CCCCCCCCCCCC(=C)C)C5)nc4c3F)c12. The Balaban J connectivity index is 1.07. The zero-order valence-electron chi connectivity index (χ0n) is 31.0. The van der Waals surface area contributed by atoms with Crippen molar-refractivity contribution in [2.45, 2.75) is 109 Å². The number of piperazine rings is 1. The summed E-state index contributed by atoms with van der Waals surface area (Å²) in [7, 11) is 0. The van der Waals surface area contributed by atoms with Crippen molar-refractivity contribution in [1.82, 2.24) is 25.2 Å². The van der Waals surface area contributed by atoms with Crippen molar-refractivity contribution in [3.63, 3.8) is 0 Å². The second kappa shape index (κ2) is 16.8. The van der Waals surface area contributed by atoms with Crippen molar-refractivity contribution in [2.75, 3.05) is 37.6 Å². The Labute approximate surface area is 312 Å². The quantitative estimate of drug-likeness (QED) is 0.0676.